The average Bonchev–Trinajstić information content (AvgIpc) is 2.56. The highest BCUT2D eigenvalue weighted by molar-refractivity contribution is 5.46. The molecule has 0 unspecified atom stereocenters. The largest absolute Gasteiger partial charge is 0.508 e. The lowest BCUT2D eigenvalue weighted by Crippen LogP contribution is -2.19. The van der Waals surface area contributed by atoms with Gasteiger partial charge in [0.15, 0.2) is 0 Å². The first-order valence-electron chi connectivity index (χ1n) is 9.85. The topological polar surface area (TPSA) is 43.7 Å². The lowest BCUT2D eigenvalue weighted by molar-refractivity contribution is 0.251. The van der Waals surface area contributed by atoms with E-state index in [9.17, 15) is 10.3 Å². The molecule has 0 heterocycles. The van der Waals surface area contributed by atoms with E-state index in [0.717, 1.165) is 18.0 Å². The summed E-state index contributed by atoms with van der Waals surface area (Å²) in [5.41, 5.74) is 0.741. The fourth-order valence-corrected chi connectivity index (χ4v) is 2.98. The summed E-state index contributed by atoms with van der Waals surface area (Å²) >= 11 is 0. The predicted octanol–water partition coefficient (Wildman–Crippen LogP) is 6.53. The Hall–Kier alpha value is -1.22. The van der Waals surface area contributed by atoms with Crippen molar-refractivity contribution < 1.29 is 10.3 Å². The number of hydrogen-bond acceptors (Lipinski definition) is 3. The Bertz CT molecular complexity index is 403. The zero-order valence-corrected chi connectivity index (χ0v) is 15.7. The van der Waals surface area contributed by atoms with Gasteiger partial charge in [0.2, 0.25) is 0 Å². The summed E-state index contributed by atoms with van der Waals surface area (Å²) in [5.74, 6) is 1.08. The molecule has 0 spiro atoms. The quantitative estimate of drug-likeness (QED) is 0.300. The van der Waals surface area contributed by atoms with Gasteiger partial charge in [0.1, 0.15) is 5.75 Å². The third kappa shape index (κ3) is 10.5. The summed E-state index contributed by atoms with van der Waals surface area (Å²) in [6.45, 7) is 5.27. The van der Waals surface area contributed by atoms with Crippen LogP contribution in [0.15, 0.2) is 24.3 Å². The molecule has 3 heteroatoms. The first-order valence-corrected chi connectivity index (χ1v) is 9.85. The average molecular weight is 336 g/mol. The fraction of sp³-hybridized carbons (Fsp3) is 0.714. The second-order valence-electron chi connectivity index (χ2n) is 7.36. The van der Waals surface area contributed by atoms with E-state index in [0.29, 0.717) is 6.54 Å². The Morgan fingerprint density at radius 3 is 1.71 bits per heavy atom. The smallest absolute Gasteiger partial charge is 0.115 e. The molecule has 0 fully saturated rings. The first kappa shape index (κ1) is 20.8. The first-order chi connectivity index (χ1) is 11.6. The molecule has 0 radical (unpaired) electrons. The molecular weight excluding hydrogens is 298 g/mol. The van der Waals surface area contributed by atoms with Crippen LogP contribution in [0, 0.1) is 5.92 Å². The third-order valence-electron chi connectivity index (χ3n) is 4.55. The molecule has 0 atom stereocenters. The van der Waals surface area contributed by atoms with Gasteiger partial charge in [-0.2, -0.15) is 0 Å². The monoisotopic (exact) mass is 335 g/mol. The number of phenols is 1. The van der Waals surface area contributed by atoms with Gasteiger partial charge in [0.25, 0.3) is 0 Å². The van der Waals surface area contributed by atoms with Gasteiger partial charge in [0, 0.05) is 6.54 Å². The van der Waals surface area contributed by atoms with Crippen molar-refractivity contribution in [3.63, 3.8) is 0 Å². The number of benzene rings is 1. The molecule has 1 aromatic rings. The number of hydrogen-bond donors (Lipinski definition) is 2. The molecule has 0 amide bonds. The summed E-state index contributed by atoms with van der Waals surface area (Å²) in [6, 6.07) is 6.66. The van der Waals surface area contributed by atoms with Crippen LogP contribution in [0.3, 0.4) is 0 Å². The molecule has 0 aliphatic carbocycles. The van der Waals surface area contributed by atoms with Crippen molar-refractivity contribution in [3.05, 3.63) is 24.3 Å². The maximum atomic E-state index is 9.94. The number of phenolic OH excluding ortho intramolecular Hbond substituents is 1. The molecule has 0 aliphatic rings. The number of rotatable bonds is 14. The molecule has 0 saturated carbocycles. The highest BCUT2D eigenvalue weighted by atomic mass is 16.5. The summed E-state index contributed by atoms with van der Waals surface area (Å²) in [7, 11) is 0. The van der Waals surface area contributed by atoms with Gasteiger partial charge in [-0.05, 0) is 36.6 Å². The van der Waals surface area contributed by atoms with E-state index in [1.54, 1.807) is 24.3 Å². The van der Waals surface area contributed by atoms with Crippen molar-refractivity contribution in [3.8, 4) is 5.75 Å². The number of hydroxylamine groups is 1. The molecule has 3 nitrogen and oxygen atoms in total. The van der Waals surface area contributed by atoms with Gasteiger partial charge >= 0.3 is 0 Å². The Kier molecular flexibility index (Phi) is 11.4. The molecule has 2 N–H and O–H groups in total. The molecule has 0 saturated heterocycles. The molecule has 24 heavy (non-hydrogen) atoms. The molecule has 138 valence electrons. The number of nitrogens with zero attached hydrogens (tertiary/aromatic N) is 1. The van der Waals surface area contributed by atoms with Crippen LogP contribution >= 0.6 is 0 Å². The highest BCUT2D eigenvalue weighted by Crippen LogP contribution is 2.18. The Labute approximate surface area is 148 Å². The Balaban J connectivity index is 1.87. The summed E-state index contributed by atoms with van der Waals surface area (Å²) in [6.07, 6.45) is 14.5. The number of unbranched alkanes of at least 4 members (excludes halogenated alkanes) is 9. The lowest BCUT2D eigenvalue weighted by Gasteiger charge is -2.16. The van der Waals surface area contributed by atoms with Gasteiger partial charge < -0.3 is 5.11 Å². The molecule has 0 aromatic heterocycles. The van der Waals surface area contributed by atoms with Crippen molar-refractivity contribution in [2.24, 2.45) is 5.92 Å². The molecule has 1 rings (SSSR count). The molecule has 1 aromatic carbocycles. The zero-order valence-electron chi connectivity index (χ0n) is 15.7. The minimum atomic E-state index is 0.229. The molecular formula is C21H37NO2. The second kappa shape index (κ2) is 13.1. The van der Waals surface area contributed by atoms with Gasteiger partial charge in [-0.25, -0.2) is 0 Å². The van der Waals surface area contributed by atoms with E-state index in [1.165, 1.54) is 69.3 Å². The van der Waals surface area contributed by atoms with Crippen molar-refractivity contribution in [2.45, 2.75) is 84.5 Å². The lowest BCUT2D eigenvalue weighted by atomic mass is 10.0. The molecule has 0 aliphatic heterocycles. The highest BCUT2D eigenvalue weighted by Gasteiger charge is 2.02. The Morgan fingerprint density at radius 1 is 0.750 bits per heavy atom. The number of aromatic hydroxyl groups is 1. The normalized spacial score (nSPS) is 11.2. The van der Waals surface area contributed by atoms with Crippen LogP contribution in [0.4, 0.5) is 5.69 Å². The van der Waals surface area contributed by atoms with E-state index < -0.39 is 0 Å². The van der Waals surface area contributed by atoms with Crippen molar-refractivity contribution >= 4 is 5.69 Å². The van der Waals surface area contributed by atoms with Crippen molar-refractivity contribution in [1.29, 1.82) is 0 Å². The standard InChI is InChI=1S/C21H37NO2/c1-19(2)13-11-9-7-5-3-4-6-8-10-12-18-22(24)20-14-16-21(23)17-15-20/h14-17,19,23-24H,3-13,18H2,1-2H3. The number of anilines is 1. The maximum Gasteiger partial charge on any atom is 0.115 e. The minimum absolute atomic E-state index is 0.229. The van der Waals surface area contributed by atoms with Crippen LogP contribution in [-0.2, 0) is 0 Å². The van der Waals surface area contributed by atoms with E-state index in [2.05, 4.69) is 13.8 Å². The van der Waals surface area contributed by atoms with Gasteiger partial charge in [0.05, 0.1) is 5.69 Å². The van der Waals surface area contributed by atoms with Crippen LogP contribution in [0.25, 0.3) is 0 Å². The van der Waals surface area contributed by atoms with Crippen molar-refractivity contribution in [1.82, 2.24) is 0 Å². The SMILES string of the molecule is CC(C)CCCCCCCCCCCCN(O)c1ccc(O)cc1. The minimum Gasteiger partial charge on any atom is -0.508 e. The summed E-state index contributed by atoms with van der Waals surface area (Å²) in [4.78, 5) is 0. The van der Waals surface area contributed by atoms with Crippen LogP contribution < -0.4 is 5.06 Å². The summed E-state index contributed by atoms with van der Waals surface area (Å²) < 4.78 is 0. The predicted molar refractivity (Wildman–Crippen MR) is 103 cm³/mol. The van der Waals surface area contributed by atoms with Crippen molar-refractivity contribution in [2.75, 3.05) is 11.6 Å². The maximum absolute atomic E-state index is 9.94. The van der Waals surface area contributed by atoms with Crippen LogP contribution in [-0.4, -0.2) is 16.9 Å². The van der Waals surface area contributed by atoms with E-state index in [-0.39, 0.29) is 5.75 Å². The second-order valence-corrected chi connectivity index (χ2v) is 7.36. The Morgan fingerprint density at radius 2 is 1.21 bits per heavy atom. The van der Waals surface area contributed by atoms with Crippen LogP contribution in [0.1, 0.15) is 84.5 Å². The third-order valence-corrected chi connectivity index (χ3v) is 4.55. The zero-order chi connectivity index (χ0) is 17.6. The van der Waals surface area contributed by atoms with Crippen LogP contribution in [0.2, 0.25) is 0 Å². The van der Waals surface area contributed by atoms with Gasteiger partial charge in [-0.3, -0.25) is 10.3 Å². The van der Waals surface area contributed by atoms with Gasteiger partial charge in [-0.1, -0.05) is 78.1 Å². The molecule has 0 bridgehead atoms. The van der Waals surface area contributed by atoms with E-state index in [1.807, 2.05) is 0 Å². The van der Waals surface area contributed by atoms with Gasteiger partial charge in [-0.15, -0.1) is 0 Å². The van der Waals surface area contributed by atoms with E-state index in [4.69, 9.17) is 0 Å². The van der Waals surface area contributed by atoms with E-state index >= 15 is 0 Å². The fourth-order valence-electron chi connectivity index (χ4n) is 2.98. The van der Waals surface area contributed by atoms with Crippen LogP contribution in [0.5, 0.6) is 5.75 Å². The summed E-state index contributed by atoms with van der Waals surface area (Å²) in [5, 5.41) is 20.5.